The molecule has 12 nitrogen and oxygen atoms in total. The summed E-state index contributed by atoms with van der Waals surface area (Å²) in [6.45, 7) is 5.17. The molecular formula is C36H41FN4O8Si. The van der Waals surface area contributed by atoms with Gasteiger partial charge in [0.15, 0.2) is 5.60 Å². The van der Waals surface area contributed by atoms with E-state index < -0.39 is 42.4 Å². The Morgan fingerprint density at radius 2 is 1.84 bits per heavy atom. The first-order valence-corrected chi connectivity index (χ1v) is 19.7. The number of hydrogen-bond acceptors (Lipinski definition) is 8. The van der Waals surface area contributed by atoms with Gasteiger partial charge in [-0.25, -0.2) is 0 Å². The fourth-order valence-electron chi connectivity index (χ4n) is 7.97. The number of amides is 3. The standard InChI is InChI=1S/C36H41FN4O8Si/c1-22-33(50(3,4)37)31(19-32(43)39-17-5-6-27(39)21-42)49-36(22)29-18-26(41(46)47)13-16-30(29)40(35(36)45)20-23-7-11-25(12-8-23)38-34(44)24-9-14-28(48-2)15-10-24/h7-16,18,22,27,31,33,42H,5-6,17,19-21H2,1-4H3,(H,38,44)/t22-,27-,31+,33-,36+/m0/s1. The number of fused-ring (bicyclic) bond motifs is 2. The number of carbonyl (C=O) groups is 3. The number of nitro groups is 1. The molecule has 3 aromatic rings. The number of likely N-dealkylation sites (tertiary alicyclic amines) is 1. The molecule has 0 aliphatic carbocycles. The van der Waals surface area contributed by atoms with Crippen molar-refractivity contribution in [3.63, 3.8) is 0 Å². The maximum atomic E-state index is 16.3. The Balaban J connectivity index is 1.29. The zero-order chi connectivity index (χ0) is 36.0. The van der Waals surface area contributed by atoms with Crippen molar-refractivity contribution in [2.75, 3.05) is 30.5 Å². The second-order valence-electron chi connectivity index (χ2n) is 13.8. The van der Waals surface area contributed by atoms with Crippen LogP contribution >= 0.6 is 0 Å². The summed E-state index contributed by atoms with van der Waals surface area (Å²) in [5.41, 5.74) is -0.373. The molecule has 3 aromatic carbocycles. The molecule has 14 heteroatoms. The van der Waals surface area contributed by atoms with E-state index in [0.717, 1.165) is 6.42 Å². The highest BCUT2D eigenvalue weighted by atomic mass is 28.4. The lowest BCUT2D eigenvalue weighted by molar-refractivity contribution is -0.385. The van der Waals surface area contributed by atoms with E-state index in [9.17, 15) is 29.6 Å². The number of carbonyl (C=O) groups excluding carboxylic acids is 3. The van der Waals surface area contributed by atoms with E-state index in [1.165, 1.54) is 36.2 Å². The molecule has 50 heavy (non-hydrogen) atoms. The van der Waals surface area contributed by atoms with Gasteiger partial charge in [0, 0.05) is 47.0 Å². The summed E-state index contributed by atoms with van der Waals surface area (Å²) < 4.78 is 28.0. The first kappa shape index (κ1) is 35.2. The maximum absolute atomic E-state index is 16.3. The van der Waals surface area contributed by atoms with Gasteiger partial charge in [-0.05, 0) is 74.0 Å². The number of nitro benzene ring substituents is 1. The second kappa shape index (κ2) is 13.6. The highest BCUT2D eigenvalue weighted by Crippen LogP contribution is 2.60. The van der Waals surface area contributed by atoms with E-state index in [4.69, 9.17) is 9.47 Å². The van der Waals surface area contributed by atoms with E-state index in [-0.39, 0.29) is 48.7 Å². The van der Waals surface area contributed by atoms with E-state index in [0.29, 0.717) is 41.2 Å². The van der Waals surface area contributed by atoms with Gasteiger partial charge in [-0.15, -0.1) is 0 Å². The van der Waals surface area contributed by atoms with Crippen LogP contribution in [0.25, 0.3) is 0 Å². The van der Waals surface area contributed by atoms with Crippen molar-refractivity contribution in [2.45, 2.75) is 69.1 Å². The number of hydrogen-bond donors (Lipinski definition) is 2. The first-order valence-electron chi connectivity index (χ1n) is 16.7. The normalized spacial score (nSPS) is 24.5. The van der Waals surface area contributed by atoms with Gasteiger partial charge in [-0.1, -0.05) is 19.1 Å². The van der Waals surface area contributed by atoms with Crippen LogP contribution in [0.1, 0.15) is 47.7 Å². The number of rotatable bonds is 10. The van der Waals surface area contributed by atoms with Gasteiger partial charge < -0.3 is 33.8 Å². The first-order chi connectivity index (χ1) is 23.8. The number of benzene rings is 3. The van der Waals surface area contributed by atoms with Crippen molar-refractivity contribution in [1.29, 1.82) is 0 Å². The smallest absolute Gasteiger partial charge is 0.269 e. The fourth-order valence-corrected chi connectivity index (χ4v) is 10.5. The summed E-state index contributed by atoms with van der Waals surface area (Å²) >= 11 is 0. The summed E-state index contributed by atoms with van der Waals surface area (Å²) in [5.74, 6) is -1.18. The second-order valence-corrected chi connectivity index (χ2v) is 17.6. The number of aliphatic hydroxyl groups excluding tert-OH is 1. The van der Waals surface area contributed by atoms with Crippen LogP contribution in [0.4, 0.5) is 21.2 Å². The van der Waals surface area contributed by atoms with Gasteiger partial charge in [0.1, 0.15) is 5.75 Å². The molecule has 264 valence electrons. The lowest BCUT2D eigenvalue weighted by atomic mass is 9.82. The minimum Gasteiger partial charge on any atom is -0.497 e. The Morgan fingerprint density at radius 1 is 1.14 bits per heavy atom. The number of nitrogens with one attached hydrogen (secondary N) is 1. The van der Waals surface area contributed by atoms with Gasteiger partial charge in [0.25, 0.3) is 17.5 Å². The third-order valence-electron chi connectivity index (χ3n) is 10.3. The van der Waals surface area contributed by atoms with Crippen molar-refractivity contribution in [3.05, 3.63) is 93.5 Å². The lowest BCUT2D eigenvalue weighted by Gasteiger charge is -2.31. The van der Waals surface area contributed by atoms with Crippen LogP contribution in [0.15, 0.2) is 66.7 Å². The minimum absolute atomic E-state index is 0.0743. The van der Waals surface area contributed by atoms with Crippen molar-refractivity contribution in [2.24, 2.45) is 5.92 Å². The van der Waals surface area contributed by atoms with Gasteiger partial charge in [0.2, 0.25) is 14.3 Å². The average Bonchev–Trinajstić information content (AvgIpc) is 3.75. The monoisotopic (exact) mass is 704 g/mol. The Bertz CT molecular complexity index is 1800. The van der Waals surface area contributed by atoms with Gasteiger partial charge >= 0.3 is 0 Å². The Labute approximate surface area is 290 Å². The fraction of sp³-hybridized carbons (Fsp3) is 0.417. The quantitative estimate of drug-likeness (QED) is 0.121. The molecular weight excluding hydrogens is 664 g/mol. The van der Waals surface area contributed by atoms with Crippen LogP contribution in [0, 0.1) is 16.0 Å². The third kappa shape index (κ3) is 6.27. The summed E-state index contributed by atoms with van der Waals surface area (Å²) in [4.78, 5) is 55.5. The van der Waals surface area contributed by atoms with E-state index in [2.05, 4.69) is 5.32 Å². The predicted molar refractivity (Wildman–Crippen MR) is 186 cm³/mol. The molecule has 2 saturated heterocycles. The van der Waals surface area contributed by atoms with Gasteiger partial charge in [0.05, 0.1) is 49.4 Å². The topological polar surface area (TPSA) is 152 Å². The molecule has 3 aliphatic heterocycles. The molecule has 6 rings (SSSR count). The number of non-ortho nitro benzene ring substituents is 1. The van der Waals surface area contributed by atoms with Crippen LogP contribution in [-0.4, -0.2) is 73.5 Å². The van der Waals surface area contributed by atoms with E-state index in [1.54, 1.807) is 67.5 Å². The SMILES string of the molecule is COc1ccc(C(=O)Nc2ccc(CN3C(=O)[C@]4(O[C@H](CC(=O)N5CCC[C@H]5CO)[C@@H]([Si](C)(C)F)[C@@H]4C)c4cc([N+](=O)[O-])ccc43)cc2)cc1. The van der Waals surface area contributed by atoms with Crippen molar-refractivity contribution >= 4 is 43.2 Å². The molecule has 0 bridgehead atoms. The third-order valence-corrected chi connectivity index (χ3v) is 12.8. The molecule has 1 spiro atoms. The molecule has 2 fully saturated rings. The number of halogens is 1. The highest BCUT2D eigenvalue weighted by Gasteiger charge is 2.67. The maximum Gasteiger partial charge on any atom is 0.269 e. The van der Waals surface area contributed by atoms with E-state index in [1.807, 2.05) is 0 Å². The summed E-state index contributed by atoms with van der Waals surface area (Å²) in [6.07, 6.45) is 0.292. The minimum atomic E-state index is -3.60. The molecule has 3 amide bonds. The van der Waals surface area contributed by atoms with Gasteiger partial charge in [-0.3, -0.25) is 24.5 Å². The largest absolute Gasteiger partial charge is 0.497 e. The lowest BCUT2D eigenvalue weighted by Crippen LogP contribution is -2.45. The van der Waals surface area contributed by atoms with Crippen molar-refractivity contribution < 1.29 is 38.0 Å². The number of ether oxygens (including phenoxy) is 2. The molecule has 3 aliphatic rings. The van der Waals surface area contributed by atoms with Crippen molar-refractivity contribution in [1.82, 2.24) is 4.90 Å². The van der Waals surface area contributed by atoms with Crippen LogP contribution in [0.2, 0.25) is 18.6 Å². The van der Waals surface area contributed by atoms with Gasteiger partial charge in [-0.2, -0.15) is 0 Å². The molecule has 3 heterocycles. The number of methoxy groups -OCH3 is 1. The number of nitrogens with zero attached hydrogens (tertiary/aromatic N) is 3. The molecule has 0 radical (unpaired) electrons. The van der Waals surface area contributed by atoms with Crippen LogP contribution in [-0.2, 0) is 26.5 Å². The summed E-state index contributed by atoms with van der Waals surface area (Å²) in [7, 11) is -2.05. The number of aliphatic hydroxyl groups is 1. The van der Waals surface area contributed by atoms with Crippen molar-refractivity contribution in [3.8, 4) is 5.75 Å². The molecule has 0 unspecified atom stereocenters. The molecule has 5 atom stereocenters. The molecule has 0 saturated carbocycles. The Morgan fingerprint density at radius 3 is 2.46 bits per heavy atom. The highest BCUT2D eigenvalue weighted by molar-refractivity contribution is 6.72. The van der Waals surface area contributed by atoms with Crippen LogP contribution in [0.5, 0.6) is 5.75 Å². The molecule has 0 aromatic heterocycles. The van der Waals surface area contributed by atoms with Crippen LogP contribution < -0.4 is 15.0 Å². The van der Waals surface area contributed by atoms with E-state index >= 15 is 4.11 Å². The van der Waals surface area contributed by atoms with Crippen LogP contribution in [0.3, 0.4) is 0 Å². The predicted octanol–water partition coefficient (Wildman–Crippen LogP) is 5.55. The summed E-state index contributed by atoms with van der Waals surface area (Å²) in [6, 6.07) is 17.5. The Kier molecular flexibility index (Phi) is 9.55. The Hall–Kier alpha value is -4.66. The summed E-state index contributed by atoms with van der Waals surface area (Å²) in [5, 5.41) is 24.6. The zero-order valence-corrected chi connectivity index (χ0v) is 29.4. The zero-order valence-electron chi connectivity index (χ0n) is 28.4. The average molecular weight is 705 g/mol. The number of anilines is 2. The molecule has 2 N–H and O–H groups in total.